The van der Waals surface area contributed by atoms with E-state index in [1.54, 1.807) is 0 Å². The van der Waals surface area contributed by atoms with Gasteiger partial charge in [0.05, 0.1) is 0 Å². The van der Waals surface area contributed by atoms with Gasteiger partial charge in [0.2, 0.25) is 0 Å². The highest BCUT2D eigenvalue weighted by atomic mass is 35.5. The molecule has 0 unspecified atom stereocenters. The number of hydrogen-bond acceptors (Lipinski definition) is 1. The molecular formula is C16H14ClNS. The molecule has 1 heterocycles. The first-order chi connectivity index (χ1) is 9.33. The molecule has 1 nitrogen and oxygen atoms in total. The van der Waals surface area contributed by atoms with Crippen LogP contribution in [0.25, 0.3) is 10.9 Å². The Hall–Kier alpha value is -1.38. The maximum Gasteiger partial charge on any atom is 0.0495 e. The van der Waals surface area contributed by atoms with Crippen LogP contribution in [0.4, 0.5) is 0 Å². The molecule has 0 amide bonds. The number of fused-ring (bicyclic) bond motifs is 1. The van der Waals surface area contributed by atoms with Crippen molar-refractivity contribution in [2.45, 2.75) is 11.4 Å². The van der Waals surface area contributed by atoms with E-state index in [4.69, 9.17) is 11.6 Å². The van der Waals surface area contributed by atoms with E-state index in [0.717, 1.165) is 17.3 Å². The number of aryl methyl sites for hydroxylation is 1. The molecule has 19 heavy (non-hydrogen) atoms. The normalized spacial score (nSPS) is 11.0. The number of thioether (sulfide) groups is 1. The fourth-order valence-electron chi connectivity index (χ4n) is 2.13. The third kappa shape index (κ3) is 2.96. The van der Waals surface area contributed by atoms with Gasteiger partial charge in [-0.15, -0.1) is 11.8 Å². The van der Waals surface area contributed by atoms with E-state index in [1.165, 1.54) is 15.8 Å². The van der Waals surface area contributed by atoms with E-state index in [9.17, 15) is 0 Å². The molecule has 2 aromatic carbocycles. The summed E-state index contributed by atoms with van der Waals surface area (Å²) >= 11 is 7.94. The van der Waals surface area contributed by atoms with Crippen LogP contribution in [0.5, 0.6) is 0 Å². The van der Waals surface area contributed by atoms with Crippen LogP contribution in [-0.2, 0) is 6.54 Å². The zero-order valence-electron chi connectivity index (χ0n) is 10.4. The summed E-state index contributed by atoms with van der Waals surface area (Å²) < 4.78 is 2.26. The third-order valence-corrected chi connectivity index (χ3v) is 4.31. The summed E-state index contributed by atoms with van der Waals surface area (Å²) in [5, 5.41) is 2.04. The molecule has 3 rings (SSSR count). The summed E-state index contributed by atoms with van der Waals surface area (Å²) in [6.07, 6.45) is 2.13. The lowest BCUT2D eigenvalue weighted by molar-refractivity contribution is 0.807. The minimum Gasteiger partial charge on any atom is -0.347 e. The summed E-state index contributed by atoms with van der Waals surface area (Å²) in [4.78, 5) is 1.32. The van der Waals surface area contributed by atoms with Crippen molar-refractivity contribution in [2.24, 2.45) is 0 Å². The first-order valence-corrected chi connectivity index (χ1v) is 7.61. The second kappa shape index (κ2) is 5.72. The van der Waals surface area contributed by atoms with Crippen LogP contribution in [-0.4, -0.2) is 10.3 Å². The molecule has 0 N–H and O–H groups in total. The highest BCUT2D eigenvalue weighted by molar-refractivity contribution is 7.99. The zero-order valence-corrected chi connectivity index (χ0v) is 12.0. The van der Waals surface area contributed by atoms with Gasteiger partial charge in [-0.2, -0.15) is 0 Å². The van der Waals surface area contributed by atoms with E-state index in [-0.39, 0.29) is 0 Å². The number of halogens is 1. The lowest BCUT2D eigenvalue weighted by Gasteiger charge is -2.05. The Morgan fingerprint density at radius 3 is 2.68 bits per heavy atom. The first-order valence-electron chi connectivity index (χ1n) is 6.25. The lowest BCUT2D eigenvalue weighted by Crippen LogP contribution is -1.98. The smallest absolute Gasteiger partial charge is 0.0495 e. The van der Waals surface area contributed by atoms with Crippen LogP contribution in [0.3, 0.4) is 0 Å². The van der Waals surface area contributed by atoms with Crippen LogP contribution in [0.2, 0.25) is 5.02 Å². The van der Waals surface area contributed by atoms with Crippen molar-refractivity contribution >= 4 is 34.3 Å². The number of hydrogen-bond donors (Lipinski definition) is 0. The average Bonchev–Trinajstić information content (AvgIpc) is 2.83. The van der Waals surface area contributed by atoms with Gasteiger partial charge < -0.3 is 4.57 Å². The monoisotopic (exact) mass is 287 g/mol. The Labute approximate surface area is 122 Å². The van der Waals surface area contributed by atoms with Crippen LogP contribution >= 0.6 is 23.4 Å². The van der Waals surface area contributed by atoms with Crippen molar-refractivity contribution in [1.29, 1.82) is 0 Å². The zero-order chi connectivity index (χ0) is 13.1. The highest BCUT2D eigenvalue weighted by Gasteiger charge is 2.02. The molecule has 0 spiro atoms. The molecule has 1 aromatic heterocycles. The van der Waals surface area contributed by atoms with Gasteiger partial charge in [-0.1, -0.05) is 35.9 Å². The fraction of sp³-hybridized carbons (Fsp3) is 0.125. The summed E-state index contributed by atoms with van der Waals surface area (Å²) in [6, 6.07) is 18.7. The fourth-order valence-corrected chi connectivity index (χ4v) is 3.17. The molecule has 0 aliphatic carbocycles. The SMILES string of the molecule is Clc1ccc2ccn(CCSc3ccccc3)c2c1. The molecule has 0 aliphatic rings. The van der Waals surface area contributed by atoms with Crippen molar-refractivity contribution in [3.63, 3.8) is 0 Å². The molecule has 96 valence electrons. The number of aromatic nitrogens is 1. The molecule has 3 aromatic rings. The minimum atomic E-state index is 0.795. The van der Waals surface area contributed by atoms with Crippen LogP contribution in [0, 0.1) is 0 Å². The van der Waals surface area contributed by atoms with Gasteiger partial charge in [-0.25, -0.2) is 0 Å². The predicted octanol–water partition coefficient (Wildman–Crippen LogP) is 5.09. The Morgan fingerprint density at radius 1 is 1.00 bits per heavy atom. The number of rotatable bonds is 4. The van der Waals surface area contributed by atoms with Gasteiger partial charge in [0, 0.05) is 33.9 Å². The molecular weight excluding hydrogens is 274 g/mol. The predicted molar refractivity (Wildman–Crippen MR) is 84.1 cm³/mol. The number of benzene rings is 2. The highest BCUT2D eigenvalue weighted by Crippen LogP contribution is 2.22. The topological polar surface area (TPSA) is 4.93 Å². The van der Waals surface area contributed by atoms with Crippen molar-refractivity contribution in [3.8, 4) is 0 Å². The first kappa shape index (κ1) is 12.6. The molecule has 0 aliphatic heterocycles. The van der Waals surface area contributed by atoms with Crippen LogP contribution in [0.15, 0.2) is 65.7 Å². The van der Waals surface area contributed by atoms with E-state index in [1.807, 2.05) is 30.0 Å². The summed E-state index contributed by atoms with van der Waals surface area (Å²) in [7, 11) is 0. The van der Waals surface area contributed by atoms with Crippen LogP contribution in [0.1, 0.15) is 0 Å². The largest absolute Gasteiger partial charge is 0.347 e. The maximum atomic E-state index is 6.06. The standard InChI is InChI=1S/C16H14ClNS/c17-14-7-6-13-8-9-18(16(13)12-14)10-11-19-15-4-2-1-3-5-15/h1-9,12H,10-11H2. The van der Waals surface area contributed by atoms with E-state index >= 15 is 0 Å². The van der Waals surface area contributed by atoms with Crippen molar-refractivity contribution in [3.05, 3.63) is 65.8 Å². The maximum absolute atomic E-state index is 6.06. The average molecular weight is 288 g/mol. The van der Waals surface area contributed by atoms with E-state index in [2.05, 4.69) is 47.2 Å². The van der Waals surface area contributed by atoms with Gasteiger partial charge in [-0.3, -0.25) is 0 Å². The van der Waals surface area contributed by atoms with Crippen molar-refractivity contribution in [2.75, 3.05) is 5.75 Å². The van der Waals surface area contributed by atoms with E-state index < -0.39 is 0 Å². The molecule has 0 saturated carbocycles. The van der Waals surface area contributed by atoms with Crippen molar-refractivity contribution in [1.82, 2.24) is 4.57 Å². The van der Waals surface area contributed by atoms with Crippen molar-refractivity contribution < 1.29 is 0 Å². The third-order valence-electron chi connectivity index (χ3n) is 3.08. The Bertz CT molecular complexity index is 676. The Morgan fingerprint density at radius 2 is 1.84 bits per heavy atom. The lowest BCUT2D eigenvalue weighted by atomic mass is 10.2. The second-order valence-electron chi connectivity index (χ2n) is 4.37. The molecule has 0 saturated heterocycles. The molecule has 0 fully saturated rings. The minimum absolute atomic E-state index is 0.795. The number of nitrogens with zero attached hydrogens (tertiary/aromatic N) is 1. The van der Waals surface area contributed by atoms with Crippen LogP contribution < -0.4 is 0 Å². The summed E-state index contributed by atoms with van der Waals surface area (Å²) in [5.74, 6) is 1.06. The summed E-state index contributed by atoms with van der Waals surface area (Å²) in [6.45, 7) is 0.989. The molecule has 0 radical (unpaired) electrons. The second-order valence-corrected chi connectivity index (χ2v) is 5.98. The Balaban J connectivity index is 1.70. The van der Waals surface area contributed by atoms with Gasteiger partial charge in [-0.05, 0) is 35.7 Å². The Kier molecular flexibility index (Phi) is 3.81. The quantitative estimate of drug-likeness (QED) is 0.605. The van der Waals surface area contributed by atoms with Gasteiger partial charge in [0.15, 0.2) is 0 Å². The molecule has 0 bridgehead atoms. The molecule has 3 heteroatoms. The molecule has 0 atom stereocenters. The summed E-state index contributed by atoms with van der Waals surface area (Å²) in [5.41, 5.74) is 1.21. The van der Waals surface area contributed by atoms with E-state index in [0.29, 0.717) is 0 Å². The van der Waals surface area contributed by atoms with Gasteiger partial charge in [0.25, 0.3) is 0 Å². The van der Waals surface area contributed by atoms with Gasteiger partial charge >= 0.3 is 0 Å². The van der Waals surface area contributed by atoms with Gasteiger partial charge in [0.1, 0.15) is 0 Å².